The Morgan fingerprint density at radius 1 is 0.973 bits per heavy atom. The van der Waals surface area contributed by atoms with Crippen molar-refractivity contribution in [3.05, 3.63) is 42.6 Å². The Morgan fingerprint density at radius 3 is 2.43 bits per heavy atom. The predicted molar refractivity (Wildman–Crippen MR) is 142 cm³/mol. The van der Waals surface area contributed by atoms with Crippen molar-refractivity contribution >= 4 is 33.8 Å². The first-order chi connectivity index (χ1) is 17.7. The molecular formula is C27H32N6O4. The van der Waals surface area contributed by atoms with Crippen LogP contribution in [0.5, 0.6) is 5.75 Å². The average molecular weight is 505 g/mol. The lowest BCUT2D eigenvalue weighted by atomic mass is 10.1. The van der Waals surface area contributed by atoms with Gasteiger partial charge in [-0.3, -0.25) is 4.68 Å². The number of hydrogen-bond donors (Lipinski definition) is 0. The Balaban J connectivity index is 1.37. The number of methoxy groups -OCH3 is 1. The zero-order valence-corrected chi connectivity index (χ0v) is 21.9. The fourth-order valence-corrected chi connectivity index (χ4v) is 4.39. The summed E-state index contributed by atoms with van der Waals surface area (Å²) < 4.78 is 18.3. The van der Waals surface area contributed by atoms with Gasteiger partial charge < -0.3 is 24.0 Å². The maximum Gasteiger partial charge on any atom is 0.410 e. The van der Waals surface area contributed by atoms with Crippen LogP contribution in [0.4, 0.5) is 10.6 Å². The van der Waals surface area contributed by atoms with Crippen molar-refractivity contribution in [2.45, 2.75) is 26.4 Å². The summed E-state index contributed by atoms with van der Waals surface area (Å²) in [5.41, 5.74) is 3.58. The molecule has 4 heterocycles. The number of nitrogens with zero attached hydrogens (tertiary/aromatic N) is 6. The van der Waals surface area contributed by atoms with Crippen LogP contribution in [-0.4, -0.2) is 76.4 Å². The summed E-state index contributed by atoms with van der Waals surface area (Å²) in [7, 11) is 3.48. The van der Waals surface area contributed by atoms with Gasteiger partial charge in [0.15, 0.2) is 6.79 Å². The quantitative estimate of drug-likeness (QED) is 0.373. The van der Waals surface area contributed by atoms with Crippen LogP contribution >= 0.6 is 0 Å². The lowest BCUT2D eigenvalue weighted by Gasteiger charge is -2.36. The van der Waals surface area contributed by atoms with Crippen molar-refractivity contribution in [2.24, 2.45) is 7.05 Å². The topological polar surface area (TPSA) is 94.8 Å². The Kier molecular flexibility index (Phi) is 6.59. The van der Waals surface area contributed by atoms with Crippen LogP contribution in [0.1, 0.15) is 20.8 Å². The third kappa shape index (κ3) is 5.43. The number of piperazine rings is 1. The zero-order valence-electron chi connectivity index (χ0n) is 21.9. The number of ether oxygens (including phenoxy) is 3. The lowest BCUT2D eigenvalue weighted by molar-refractivity contribution is 0.0240. The first-order valence-corrected chi connectivity index (χ1v) is 12.3. The van der Waals surface area contributed by atoms with E-state index in [1.54, 1.807) is 16.7 Å². The fourth-order valence-electron chi connectivity index (χ4n) is 4.39. The maximum absolute atomic E-state index is 12.4. The molecule has 1 aromatic carbocycles. The molecule has 3 aromatic heterocycles. The highest BCUT2D eigenvalue weighted by Crippen LogP contribution is 2.34. The number of aromatic nitrogens is 4. The largest absolute Gasteiger partial charge is 0.467 e. The summed E-state index contributed by atoms with van der Waals surface area (Å²) in [6.45, 7) is 8.33. The highest BCUT2D eigenvalue weighted by atomic mass is 16.7. The first kappa shape index (κ1) is 24.8. The molecule has 194 valence electrons. The molecule has 0 unspecified atom stereocenters. The van der Waals surface area contributed by atoms with E-state index in [-0.39, 0.29) is 12.9 Å². The number of rotatable bonds is 5. The molecular weight excluding hydrogens is 472 g/mol. The Hall–Kier alpha value is -3.92. The Bertz CT molecular complexity index is 1440. The molecule has 10 heteroatoms. The van der Waals surface area contributed by atoms with Crippen molar-refractivity contribution in [1.29, 1.82) is 0 Å². The summed E-state index contributed by atoms with van der Waals surface area (Å²) in [6, 6.07) is 11.8. The normalized spacial score (nSPS) is 14.4. The molecule has 10 nitrogen and oxygen atoms in total. The second kappa shape index (κ2) is 9.85. The highest BCUT2D eigenvalue weighted by molar-refractivity contribution is 5.89. The van der Waals surface area contributed by atoms with Crippen molar-refractivity contribution < 1.29 is 19.0 Å². The summed E-state index contributed by atoms with van der Waals surface area (Å²) in [5, 5.41) is 5.49. The van der Waals surface area contributed by atoms with Crippen LogP contribution in [0.3, 0.4) is 0 Å². The monoisotopic (exact) mass is 504 g/mol. The van der Waals surface area contributed by atoms with Gasteiger partial charge in [0.1, 0.15) is 17.2 Å². The van der Waals surface area contributed by atoms with E-state index in [1.807, 2.05) is 70.4 Å². The van der Waals surface area contributed by atoms with Gasteiger partial charge in [0.2, 0.25) is 0 Å². The summed E-state index contributed by atoms with van der Waals surface area (Å²) in [5.74, 6) is 1.53. The third-order valence-electron chi connectivity index (χ3n) is 6.11. The van der Waals surface area contributed by atoms with Gasteiger partial charge in [-0.15, -0.1) is 0 Å². The molecule has 0 N–H and O–H groups in total. The van der Waals surface area contributed by atoms with Crippen LogP contribution in [-0.2, 0) is 16.5 Å². The van der Waals surface area contributed by atoms with Crippen LogP contribution in [0.15, 0.2) is 42.6 Å². The van der Waals surface area contributed by atoms with E-state index in [4.69, 9.17) is 24.2 Å². The van der Waals surface area contributed by atoms with E-state index in [2.05, 4.69) is 10.00 Å². The smallest absolute Gasteiger partial charge is 0.410 e. The molecule has 4 aromatic rings. The van der Waals surface area contributed by atoms with Gasteiger partial charge in [0.05, 0.1) is 22.2 Å². The lowest BCUT2D eigenvalue weighted by Crippen LogP contribution is -2.50. The first-order valence-electron chi connectivity index (χ1n) is 12.3. The van der Waals surface area contributed by atoms with Gasteiger partial charge in [0, 0.05) is 63.5 Å². The minimum Gasteiger partial charge on any atom is -0.467 e. The molecule has 1 saturated heterocycles. The molecule has 37 heavy (non-hydrogen) atoms. The fraction of sp³-hybridized carbons (Fsp3) is 0.407. The number of hydrogen-bond acceptors (Lipinski definition) is 8. The zero-order chi connectivity index (χ0) is 26.2. The summed E-state index contributed by atoms with van der Waals surface area (Å²) in [6.07, 6.45) is 1.70. The van der Waals surface area contributed by atoms with Crippen molar-refractivity contribution in [3.8, 4) is 17.0 Å². The third-order valence-corrected chi connectivity index (χ3v) is 6.11. The van der Waals surface area contributed by atoms with Crippen LogP contribution in [0, 0.1) is 0 Å². The van der Waals surface area contributed by atoms with E-state index in [1.165, 1.54) is 0 Å². The van der Waals surface area contributed by atoms with Crippen molar-refractivity contribution in [3.63, 3.8) is 0 Å². The molecule has 1 fully saturated rings. The van der Waals surface area contributed by atoms with E-state index in [0.717, 1.165) is 39.0 Å². The molecule has 5 rings (SSSR count). The second-order valence-electron chi connectivity index (χ2n) is 10.1. The molecule has 0 atom stereocenters. The number of pyridine rings is 2. The number of amides is 1. The average Bonchev–Trinajstić information content (AvgIpc) is 3.24. The molecule has 0 bridgehead atoms. The molecule has 1 aliphatic rings. The van der Waals surface area contributed by atoms with Gasteiger partial charge in [-0.25, -0.2) is 14.8 Å². The van der Waals surface area contributed by atoms with E-state index in [9.17, 15) is 4.79 Å². The standard InChI is InChI=1S/C27H32N6O4/c1-27(2,3)37-26(34)33-12-10-32(11-13-33)25-9-8-21-22(29-25)7-6-20(28-21)19-14-18-16-31(4)30-23(18)15-24(19)36-17-35-5/h6-9,14-16H,10-13,17H2,1-5H3. The van der Waals surface area contributed by atoms with Gasteiger partial charge in [-0.05, 0) is 51.1 Å². The number of anilines is 1. The van der Waals surface area contributed by atoms with Gasteiger partial charge >= 0.3 is 6.09 Å². The molecule has 0 spiro atoms. The van der Waals surface area contributed by atoms with Gasteiger partial charge in [-0.2, -0.15) is 5.10 Å². The molecule has 0 radical (unpaired) electrons. The Labute approximate surface area is 215 Å². The number of carbonyl (C=O) groups excluding carboxylic acids is 1. The maximum atomic E-state index is 12.4. The summed E-state index contributed by atoms with van der Waals surface area (Å²) in [4.78, 5) is 26.0. The van der Waals surface area contributed by atoms with Gasteiger partial charge in [-0.1, -0.05) is 0 Å². The summed E-state index contributed by atoms with van der Waals surface area (Å²) >= 11 is 0. The molecule has 1 aliphatic heterocycles. The molecule has 0 saturated carbocycles. The van der Waals surface area contributed by atoms with Crippen molar-refractivity contribution in [1.82, 2.24) is 24.6 Å². The number of carbonyl (C=O) groups is 1. The minimum atomic E-state index is -0.500. The Morgan fingerprint density at radius 2 is 1.70 bits per heavy atom. The molecule has 1 amide bonds. The molecule has 0 aliphatic carbocycles. The van der Waals surface area contributed by atoms with Crippen LogP contribution < -0.4 is 9.64 Å². The SMILES string of the molecule is COCOc1cc2nn(C)cc2cc1-c1ccc2nc(N3CCN(C(=O)OC(C)(C)C)CC3)ccc2n1. The highest BCUT2D eigenvalue weighted by Gasteiger charge is 2.26. The minimum absolute atomic E-state index is 0.130. The number of benzene rings is 1. The van der Waals surface area contributed by atoms with Gasteiger partial charge in [0.25, 0.3) is 0 Å². The van der Waals surface area contributed by atoms with Crippen LogP contribution in [0.2, 0.25) is 0 Å². The second-order valence-corrected chi connectivity index (χ2v) is 10.1. The van der Waals surface area contributed by atoms with E-state index >= 15 is 0 Å². The van der Waals surface area contributed by atoms with E-state index < -0.39 is 5.60 Å². The number of fused-ring (bicyclic) bond motifs is 2. The number of aryl methyl sites for hydroxylation is 1. The van der Waals surface area contributed by atoms with E-state index in [0.29, 0.717) is 31.9 Å². The predicted octanol–water partition coefficient (Wildman–Crippen LogP) is 4.22. The van der Waals surface area contributed by atoms with Crippen molar-refractivity contribution in [2.75, 3.05) is 45.0 Å². The van der Waals surface area contributed by atoms with Crippen LogP contribution in [0.25, 0.3) is 33.2 Å².